The third kappa shape index (κ3) is 3.26. The fourth-order valence-electron chi connectivity index (χ4n) is 3.19. The second-order valence-electron chi connectivity index (χ2n) is 6.25. The Kier molecular flexibility index (Phi) is 4.79. The molecule has 4 rings (SSSR count). The van der Waals surface area contributed by atoms with Gasteiger partial charge in [-0.3, -0.25) is 9.20 Å². The first-order valence-electron chi connectivity index (χ1n) is 8.60. The van der Waals surface area contributed by atoms with Gasteiger partial charge in [-0.15, -0.1) is 10.2 Å². The quantitative estimate of drug-likeness (QED) is 0.724. The largest absolute Gasteiger partial charge is 0.480 e. The van der Waals surface area contributed by atoms with Gasteiger partial charge in [0.15, 0.2) is 17.6 Å². The molecule has 2 unspecified atom stereocenters. The van der Waals surface area contributed by atoms with E-state index < -0.39 is 6.10 Å². The number of amides is 1. The Morgan fingerprint density at radius 2 is 2.15 bits per heavy atom. The Morgan fingerprint density at radius 3 is 3.00 bits per heavy atom. The molecule has 26 heavy (non-hydrogen) atoms. The topological polar surface area (TPSA) is 68.5 Å². The molecule has 0 saturated carbocycles. The Balaban J connectivity index is 1.53. The minimum absolute atomic E-state index is 0.111. The summed E-state index contributed by atoms with van der Waals surface area (Å²) in [6.07, 6.45) is 4.85. The lowest BCUT2D eigenvalue weighted by atomic mass is 10.1. The molecular weight excluding hydrogens is 348 g/mol. The molecule has 2 atom stereocenters. The number of benzene rings is 1. The van der Waals surface area contributed by atoms with Crippen LogP contribution in [-0.2, 0) is 11.2 Å². The predicted octanol–water partition coefficient (Wildman–Crippen LogP) is 2.64. The van der Waals surface area contributed by atoms with Gasteiger partial charge in [0, 0.05) is 12.6 Å². The van der Waals surface area contributed by atoms with Gasteiger partial charge >= 0.3 is 0 Å². The molecule has 1 aromatic carbocycles. The maximum absolute atomic E-state index is 12.8. The summed E-state index contributed by atoms with van der Waals surface area (Å²) in [5, 5.41) is 11.6. The van der Waals surface area contributed by atoms with Crippen LogP contribution in [0.15, 0.2) is 48.7 Å². The van der Waals surface area contributed by atoms with Gasteiger partial charge in [-0.25, -0.2) is 0 Å². The van der Waals surface area contributed by atoms with Gasteiger partial charge in [0.2, 0.25) is 0 Å². The molecule has 2 aromatic heterocycles. The van der Waals surface area contributed by atoms with Crippen molar-refractivity contribution in [2.75, 3.05) is 12.0 Å². The molecule has 1 aliphatic heterocycles. The summed E-state index contributed by atoms with van der Waals surface area (Å²) < 4.78 is 7.74. The first kappa shape index (κ1) is 16.9. The van der Waals surface area contributed by atoms with Crippen LogP contribution in [0.3, 0.4) is 0 Å². The Bertz CT molecular complexity index is 902. The number of thioether (sulfide) groups is 1. The fourth-order valence-corrected chi connectivity index (χ4v) is 3.66. The standard InChI is InChI=1S/C19H20N4O2S/c1-26-11-9-14(18-22-21-17-8-4-5-10-23(17)18)20-19(24)16-12-13-6-2-3-7-15(13)25-16/h2-8,10,14,16H,9,11-12H2,1H3,(H,20,24). The summed E-state index contributed by atoms with van der Waals surface area (Å²) >= 11 is 1.74. The van der Waals surface area contributed by atoms with Gasteiger partial charge in [-0.1, -0.05) is 24.3 Å². The van der Waals surface area contributed by atoms with E-state index in [0.29, 0.717) is 6.42 Å². The number of pyridine rings is 1. The van der Waals surface area contributed by atoms with E-state index in [-0.39, 0.29) is 11.9 Å². The lowest BCUT2D eigenvalue weighted by Crippen LogP contribution is -2.40. The summed E-state index contributed by atoms with van der Waals surface area (Å²) in [6, 6.07) is 13.3. The second-order valence-corrected chi connectivity index (χ2v) is 7.23. The van der Waals surface area contributed by atoms with Crippen molar-refractivity contribution >= 4 is 23.3 Å². The van der Waals surface area contributed by atoms with Crippen molar-refractivity contribution in [2.45, 2.75) is 25.0 Å². The molecule has 1 aliphatic rings. The molecule has 3 heterocycles. The first-order chi connectivity index (χ1) is 12.8. The van der Waals surface area contributed by atoms with Gasteiger partial charge in [0.25, 0.3) is 5.91 Å². The molecule has 0 spiro atoms. The Morgan fingerprint density at radius 1 is 1.31 bits per heavy atom. The maximum atomic E-state index is 12.8. The number of rotatable bonds is 6. The Labute approximate surface area is 156 Å². The van der Waals surface area contributed by atoms with Gasteiger partial charge in [-0.05, 0) is 42.2 Å². The zero-order chi connectivity index (χ0) is 17.9. The van der Waals surface area contributed by atoms with Crippen LogP contribution in [0, 0.1) is 0 Å². The van der Waals surface area contributed by atoms with E-state index >= 15 is 0 Å². The summed E-state index contributed by atoms with van der Waals surface area (Å²) in [5.74, 6) is 2.35. The number of nitrogens with one attached hydrogen (secondary N) is 1. The minimum atomic E-state index is -0.497. The van der Waals surface area contributed by atoms with Gasteiger partial charge in [0.1, 0.15) is 5.75 Å². The van der Waals surface area contributed by atoms with E-state index in [1.165, 1.54) is 0 Å². The van der Waals surface area contributed by atoms with Crippen LogP contribution in [0.25, 0.3) is 5.65 Å². The van der Waals surface area contributed by atoms with Crippen molar-refractivity contribution in [3.63, 3.8) is 0 Å². The molecule has 0 aliphatic carbocycles. The Hall–Kier alpha value is -2.54. The van der Waals surface area contributed by atoms with Crippen LogP contribution >= 0.6 is 11.8 Å². The van der Waals surface area contributed by atoms with Gasteiger partial charge < -0.3 is 10.1 Å². The highest BCUT2D eigenvalue weighted by Gasteiger charge is 2.31. The van der Waals surface area contributed by atoms with Crippen molar-refractivity contribution in [2.24, 2.45) is 0 Å². The van der Waals surface area contributed by atoms with E-state index in [1.807, 2.05) is 53.1 Å². The number of aromatic nitrogens is 3. The number of nitrogens with zero attached hydrogens (tertiary/aromatic N) is 3. The highest BCUT2D eigenvalue weighted by molar-refractivity contribution is 7.98. The highest BCUT2D eigenvalue weighted by Crippen LogP contribution is 2.29. The van der Waals surface area contributed by atoms with E-state index in [1.54, 1.807) is 11.8 Å². The molecular formula is C19H20N4O2S. The van der Waals surface area contributed by atoms with E-state index in [2.05, 4.69) is 21.8 Å². The second kappa shape index (κ2) is 7.37. The van der Waals surface area contributed by atoms with Crippen LogP contribution in [0.5, 0.6) is 5.75 Å². The fraction of sp³-hybridized carbons (Fsp3) is 0.316. The molecule has 0 bridgehead atoms. The molecule has 6 nitrogen and oxygen atoms in total. The van der Waals surface area contributed by atoms with Crippen molar-refractivity contribution in [1.82, 2.24) is 19.9 Å². The molecule has 1 N–H and O–H groups in total. The van der Waals surface area contributed by atoms with Crippen LogP contribution < -0.4 is 10.1 Å². The molecule has 7 heteroatoms. The monoisotopic (exact) mass is 368 g/mol. The molecule has 3 aromatic rings. The number of carbonyl (C=O) groups excluding carboxylic acids is 1. The highest BCUT2D eigenvalue weighted by atomic mass is 32.2. The number of fused-ring (bicyclic) bond motifs is 2. The number of hydrogen-bond donors (Lipinski definition) is 1. The van der Waals surface area contributed by atoms with Crippen molar-refractivity contribution in [3.05, 3.63) is 60.0 Å². The summed E-state index contributed by atoms with van der Waals surface area (Å²) in [5.41, 5.74) is 1.84. The molecule has 0 fully saturated rings. The zero-order valence-corrected chi connectivity index (χ0v) is 15.3. The number of para-hydroxylation sites is 1. The number of hydrogen-bond acceptors (Lipinski definition) is 5. The van der Waals surface area contributed by atoms with E-state index in [0.717, 1.165) is 35.0 Å². The summed E-state index contributed by atoms with van der Waals surface area (Å²) in [7, 11) is 0. The SMILES string of the molecule is CSCCC(NC(=O)C1Cc2ccccc2O1)c1nnc2ccccn12. The molecule has 0 saturated heterocycles. The van der Waals surface area contributed by atoms with Crippen LogP contribution in [0.2, 0.25) is 0 Å². The maximum Gasteiger partial charge on any atom is 0.262 e. The normalized spacial score (nSPS) is 16.9. The molecule has 134 valence electrons. The van der Waals surface area contributed by atoms with Crippen LogP contribution in [-0.4, -0.2) is 38.6 Å². The molecule has 0 radical (unpaired) electrons. The first-order valence-corrected chi connectivity index (χ1v) is 9.99. The number of carbonyl (C=O) groups is 1. The third-order valence-electron chi connectivity index (χ3n) is 4.52. The predicted molar refractivity (Wildman–Crippen MR) is 101 cm³/mol. The minimum Gasteiger partial charge on any atom is -0.480 e. The third-order valence-corrected chi connectivity index (χ3v) is 5.16. The summed E-state index contributed by atoms with van der Waals surface area (Å²) in [6.45, 7) is 0. The molecule has 1 amide bonds. The van der Waals surface area contributed by atoms with Crippen molar-refractivity contribution < 1.29 is 9.53 Å². The smallest absolute Gasteiger partial charge is 0.262 e. The van der Waals surface area contributed by atoms with Crippen molar-refractivity contribution in [1.29, 1.82) is 0 Å². The number of ether oxygens (including phenoxy) is 1. The van der Waals surface area contributed by atoms with Crippen LogP contribution in [0.1, 0.15) is 23.9 Å². The van der Waals surface area contributed by atoms with E-state index in [4.69, 9.17) is 4.74 Å². The lowest BCUT2D eigenvalue weighted by Gasteiger charge is -2.19. The van der Waals surface area contributed by atoms with Gasteiger partial charge in [-0.2, -0.15) is 11.8 Å². The van der Waals surface area contributed by atoms with Crippen LogP contribution in [0.4, 0.5) is 0 Å². The zero-order valence-electron chi connectivity index (χ0n) is 14.5. The van der Waals surface area contributed by atoms with Gasteiger partial charge in [0.05, 0.1) is 6.04 Å². The lowest BCUT2D eigenvalue weighted by molar-refractivity contribution is -0.128. The van der Waals surface area contributed by atoms with Crippen molar-refractivity contribution in [3.8, 4) is 5.75 Å². The average Bonchev–Trinajstić information content (AvgIpc) is 3.29. The average molecular weight is 368 g/mol. The van der Waals surface area contributed by atoms with E-state index in [9.17, 15) is 4.79 Å². The summed E-state index contributed by atoms with van der Waals surface area (Å²) in [4.78, 5) is 12.8.